The van der Waals surface area contributed by atoms with Crippen LogP contribution in [0, 0.1) is 5.92 Å². The fourth-order valence-electron chi connectivity index (χ4n) is 6.36. The molecule has 10 heteroatoms. The maximum absolute atomic E-state index is 12.4. The van der Waals surface area contributed by atoms with Crippen molar-refractivity contribution in [3.05, 3.63) is 36.5 Å². The number of esters is 2. The van der Waals surface area contributed by atoms with Crippen molar-refractivity contribution in [3.8, 4) is 0 Å². The second-order valence-corrected chi connectivity index (χ2v) is 16.8. The normalized spacial score (nSPS) is 16.6. The molecule has 2 unspecified atom stereocenters. The smallest absolute Gasteiger partial charge is 0.462 e. The number of unbranched alkanes of at least 4 members (excludes halogenated alkanes) is 18. The van der Waals surface area contributed by atoms with Crippen LogP contribution in [-0.4, -0.2) is 53.3 Å². The monoisotopic (exact) mass is 783 g/mol. The van der Waals surface area contributed by atoms with Crippen LogP contribution in [0.4, 0.5) is 0 Å². The Kier molecular flexibility index (Phi) is 32.1. The number of ether oxygens (including phenoxy) is 3. The average molecular weight is 783 g/mol. The first-order chi connectivity index (χ1) is 26.1. The molecule has 1 saturated heterocycles. The maximum atomic E-state index is 12.4. The molecule has 1 fully saturated rings. The largest absolute Gasteiger partial charge is 0.469 e. The predicted octanol–water partition coefficient (Wildman–Crippen LogP) is 12.2. The number of phosphoric ester groups is 1. The van der Waals surface area contributed by atoms with Gasteiger partial charge in [0.2, 0.25) is 0 Å². The van der Waals surface area contributed by atoms with Crippen LogP contribution in [-0.2, 0) is 32.9 Å². The summed E-state index contributed by atoms with van der Waals surface area (Å²) in [6.45, 7) is 5.96. The average Bonchev–Trinajstić information content (AvgIpc) is 3.88. The highest BCUT2D eigenvalue weighted by atomic mass is 31.2. The number of allylic oxidation sites excluding steroid dienone is 4. The number of phosphoric acid groups is 1. The first-order valence-electron chi connectivity index (χ1n) is 21.8. The van der Waals surface area contributed by atoms with Crippen LogP contribution in [0.3, 0.4) is 0 Å². The summed E-state index contributed by atoms with van der Waals surface area (Å²) in [5.41, 5.74) is 0. The molecule has 1 rings (SSSR count). The van der Waals surface area contributed by atoms with Gasteiger partial charge in [0.25, 0.3) is 0 Å². The molecule has 0 spiro atoms. The van der Waals surface area contributed by atoms with E-state index >= 15 is 0 Å². The lowest BCUT2D eigenvalue weighted by Gasteiger charge is -2.18. The van der Waals surface area contributed by atoms with Crippen LogP contribution in [0.1, 0.15) is 194 Å². The number of rotatable bonds is 38. The van der Waals surface area contributed by atoms with Gasteiger partial charge in [-0.3, -0.25) is 14.1 Å². The molecule has 0 radical (unpaired) electrons. The van der Waals surface area contributed by atoms with Gasteiger partial charge < -0.3 is 24.0 Å². The van der Waals surface area contributed by atoms with Gasteiger partial charge >= 0.3 is 19.8 Å². The number of carbonyl (C=O) groups is 2. The molecule has 314 valence electrons. The zero-order valence-corrected chi connectivity index (χ0v) is 35.4. The highest BCUT2D eigenvalue weighted by Crippen LogP contribution is 2.36. The predicted molar refractivity (Wildman–Crippen MR) is 220 cm³/mol. The van der Waals surface area contributed by atoms with E-state index in [9.17, 15) is 14.2 Å². The van der Waals surface area contributed by atoms with Crippen molar-refractivity contribution in [2.24, 2.45) is 5.92 Å². The molecular weight excluding hydrogens is 703 g/mol. The molecule has 0 aliphatic carbocycles. The van der Waals surface area contributed by atoms with Crippen LogP contribution in [0.25, 0.3) is 0 Å². The van der Waals surface area contributed by atoms with Crippen LogP contribution >= 0.6 is 7.82 Å². The van der Waals surface area contributed by atoms with Crippen LogP contribution < -0.4 is 0 Å². The van der Waals surface area contributed by atoms with Crippen molar-refractivity contribution >= 4 is 19.8 Å². The van der Waals surface area contributed by atoms with Crippen LogP contribution in [0.15, 0.2) is 36.5 Å². The Morgan fingerprint density at radius 2 is 1.13 bits per heavy atom. The molecule has 1 heterocycles. The van der Waals surface area contributed by atoms with E-state index in [2.05, 4.69) is 55.7 Å². The topological polar surface area (TPSA) is 132 Å². The SMILES string of the molecule is CCCCC/C=C\CC1OC1C/C=C\C/C=C\CCCC(=O)OC[C@H](COP(=O)(O)O)OC(=O)CCCCCCCCCCCCCCCCCC(C)C. The highest BCUT2D eigenvalue weighted by Gasteiger charge is 2.36. The minimum absolute atomic E-state index is 0.187. The van der Waals surface area contributed by atoms with E-state index < -0.39 is 32.5 Å². The van der Waals surface area contributed by atoms with Crippen molar-refractivity contribution < 1.29 is 42.7 Å². The molecule has 1 aliphatic heterocycles. The third-order valence-corrected chi connectivity index (χ3v) is 10.2. The van der Waals surface area contributed by atoms with Gasteiger partial charge in [-0.1, -0.05) is 166 Å². The molecular formula is C44H79O9P. The molecule has 0 bridgehead atoms. The van der Waals surface area contributed by atoms with E-state index in [1.165, 1.54) is 96.3 Å². The lowest BCUT2D eigenvalue weighted by molar-refractivity contribution is -0.161. The Morgan fingerprint density at radius 1 is 0.630 bits per heavy atom. The fourth-order valence-corrected chi connectivity index (χ4v) is 6.72. The van der Waals surface area contributed by atoms with Gasteiger partial charge in [0.15, 0.2) is 6.10 Å². The Bertz CT molecular complexity index is 1050. The van der Waals surface area contributed by atoms with Gasteiger partial charge in [0.05, 0.1) is 18.8 Å². The van der Waals surface area contributed by atoms with Gasteiger partial charge in [-0.25, -0.2) is 4.57 Å². The van der Waals surface area contributed by atoms with E-state index in [4.69, 9.17) is 24.0 Å². The molecule has 0 amide bonds. The zero-order chi connectivity index (χ0) is 39.5. The zero-order valence-electron chi connectivity index (χ0n) is 34.5. The lowest BCUT2D eigenvalue weighted by Crippen LogP contribution is -2.29. The summed E-state index contributed by atoms with van der Waals surface area (Å²) in [5, 5.41) is 0. The van der Waals surface area contributed by atoms with Crippen LogP contribution in [0.2, 0.25) is 0 Å². The van der Waals surface area contributed by atoms with Crippen molar-refractivity contribution in [2.45, 2.75) is 212 Å². The third kappa shape index (κ3) is 34.7. The first kappa shape index (κ1) is 50.2. The highest BCUT2D eigenvalue weighted by molar-refractivity contribution is 7.46. The molecule has 1 aliphatic rings. The van der Waals surface area contributed by atoms with E-state index in [0.29, 0.717) is 25.0 Å². The number of carbonyl (C=O) groups excluding carboxylic acids is 2. The van der Waals surface area contributed by atoms with Crippen molar-refractivity contribution in [1.82, 2.24) is 0 Å². The number of epoxide rings is 1. The van der Waals surface area contributed by atoms with E-state index in [1.54, 1.807) is 0 Å². The van der Waals surface area contributed by atoms with Crippen molar-refractivity contribution in [1.29, 1.82) is 0 Å². The molecule has 0 aromatic carbocycles. The summed E-state index contributed by atoms with van der Waals surface area (Å²) in [5.74, 6) is -0.119. The third-order valence-electron chi connectivity index (χ3n) is 9.74. The Hall–Kier alpha value is -1.77. The number of hydrogen-bond donors (Lipinski definition) is 2. The molecule has 2 N–H and O–H groups in total. The maximum Gasteiger partial charge on any atom is 0.469 e. The standard InChI is InChI=1S/C44H79O9P/c1-4-5-6-7-23-28-33-41-42(53-41)34-29-24-19-17-21-25-30-35-43(45)50-37-40(38-51-54(47,48)49)52-44(46)36-31-26-20-16-14-12-10-8-9-11-13-15-18-22-27-32-39(2)3/h17,21,23-24,28-29,39-42H,4-16,18-20,22,25-27,30-38H2,1-3H3,(H2,47,48,49)/b21-17-,28-23-,29-24-/t40-,41?,42?/m1/s1. The second kappa shape index (κ2) is 34.5. The summed E-state index contributed by atoms with van der Waals surface area (Å²) in [6, 6.07) is 0. The summed E-state index contributed by atoms with van der Waals surface area (Å²) in [7, 11) is -4.77. The quantitative estimate of drug-likeness (QED) is 0.0206. The summed E-state index contributed by atoms with van der Waals surface area (Å²) < 4.78 is 32.1. The van der Waals surface area contributed by atoms with Gasteiger partial charge in [0.1, 0.15) is 6.61 Å². The van der Waals surface area contributed by atoms with Gasteiger partial charge in [-0.05, 0) is 57.3 Å². The molecule has 54 heavy (non-hydrogen) atoms. The summed E-state index contributed by atoms with van der Waals surface area (Å²) in [6.07, 6.45) is 41.9. The van der Waals surface area contributed by atoms with E-state index in [0.717, 1.165) is 57.3 Å². The fraction of sp³-hybridized carbons (Fsp3) is 0.818. The second-order valence-electron chi connectivity index (χ2n) is 15.5. The van der Waals surface area contributed by atoms with Crippen molar-refractivity contribution in [3.63, 3.8) is 0 Å². The Morgan fingerprint density at radius 3 is 1.70 bits per heavy atom. The Labute approximate surface area is 329 Å². The minimum Gasteiger partial charge on any atom is -0.462 e. The lowest BCUT2D eigenvalue weighted by atomic mass is 10.0. The van der Waals surface area contributed by atoms with Gasteiger partial charge in [0, 0.05) is 12.8 Å². The molecule has 9 nitrogen and oxygen atoms in total. The van der Waals surface area contributed by atoms with E-state index in [1.807, 2.05) is 6.08 Å². The molecule has 0 saturated carbocycles. The molecule has 0 aromatic rings. The minimum atomic E-state index is -4.77. The first-order valence-corrected chi connectivity index (χ1v) is 23.3. The van der Waals surface area contributed by atoms with Gasteiger partial charge in [-0.15, -0.1) is 0 Å². The van der Waals surface area contributed by atoms with Crippen LogP contribution in [0.5, 0.6) is 0 Å². The van der Waals surface area contributed by atoms with Gasteiger partial charge in [-0.2, -0.15) is 0 Å². The van der Waals surface area contributed by atoms with Crippen molar-refractivity contribution in [2.75, 3.05) is 13.2 Å². The summed E-state index contributed by atoms with van der Waals surface area (Å²) >= 11 is 0. The molecule has 0 aromatic heterocycles. The number of hydrogen-bond acceptors (Lipinski definition) is 7. The van der Waals surface area contributed by atoms with E-state index in [-0.39, 0.29) is 19.4 Å². The Balaban J connectivity index is 2.08. The summed E-state index contributed by atoms with van der Waals surface area (Å²) in [4.78, 5) is 42.9. The molecule has 3 atom stereocenters.